The summed E-state index contributed by atoms with van der Waals surface area (Å²) < 4.78 is 26.6. The van der Waals surface area contributed by atoms with Gasteiger partial charge in [-0.3, -0.25) is 0 Å². The molecule has 0 aliphatic carbocycles. The number of nitrogens with two attached hydrogens (primary N) is 1. The van der Waals surface area contributed by atoms with Crippen LogP contribution in [0.3, 0.4) is 0 Å². The maximum absolute atomic E-state index is 12.1. The molecule has 2 atom stereocenters. The SMILES string of the molecule is NC(=O)Nc1ccc(S(=O)(=O)N[C@@H]2CNC[C@H]2O)cc1. The van der Waals surface area contributed by atoms with Crippen LogP contribution in [0.5, 0.6) is 0 Å². The summed E-state index contributed by atoms with van der Waals surface area (Å²) in [5.41, 5.74) is 5.36. The standard InChI is InChI=1S/C11H16N4O4S/c12-11(17)14-7-1-3-8(4-2-7)20(18,19)15-9-5-13-6-10(9)16/h1-4,9-10,13,15-16H,5-6H2,(H3,12,14,17)/t9-,10-/m1/s1. The number of benzene rings is 1. The quantitative estimate of drug-likeness (QED) is 0.475. The molecule has 1 fully saturated rings. The molecule has 1 aromatic carbocycles. The van der Waals surface area contributed by atoms with Crippen LogP contribution in [0.4, 0.5) is 10.5 Å². The summed E-state index contributed by atoms with van der Waals surface area (Å²) in [7, 11) is -3.72. The number of anilines is 1. The lowest BCUT2D eigenvalue weighted by molar-refractivity contribution is 0.173. The first-order valence-corrected chi connectivity index (χ1v) is 7.44. The largest absolute Gasteiger partial charge is 0.390 e. The molecule has 9 heteroatoms. The van der Waals surface area contributed by atoms with Crippen molar-refractivity contribution >= 4 is 21.7 Å². The van der Waals surface area contributed by atoms with E-state index in [0.717, 1.165) is 0 Å². The zero-order valence-corrected chi connectivity index (χ0v) is 11.4. The van der Waals surface area contributed by atoms with Gasteiger partial charge in [0.1, 0.15) is 0 Å². The molecule has 20 heavy (non-hydrogen) atoms. The lowest BCUT2D eigenvalue weighted by Gasteiger charge is -2.15. The Morgan fingerprint density at radius 2 is 1.95 bits per heavy atom. The van der Waals surface area contributed by atoms with E-state index < -0.39 is 28.2 Å². The van der Waals surface area contributed by atoms with Crippen molar-refractivity contribution in [3.8, 4) is 0 Å². The first kappa shape index (κ1) is 14.7. The van der Waals surface area contributed by atoms with Crippen molar-refractivity contribution in [1.82, 2.24) is 10.0 Å². The van der Waals surface area contributed by atoms with Crippen LogP contribution in [0.2, 0.25) is 0 Å². The molecule has 0 spiro atoms. The molecule has 1 aliphatic rings. The predicted molar refractivity (Wildman–Crippen MR) is 72.6 cm³/mol. The Labute approximate surface area is 116 Å². The van der Waals surface area contributed by atoms with Crippen LogP contribution in [-0.4, -0.2) is 44.8 Å². The van der Waals surface area contributed by atoms with Gasteiger partial charge in [-0.2, -0.15) is 0 Å². The van der Waals surface area contributed by atoms with Crippen LogP contribution >= 0.6 is 0 Å². The average Bonchev–Trinajstić information content (AvgIpc) is 2.74. The summed E-state index contributed by atoms with van der Waals surface area (Å²) >= 11 is 0. The van der Waals surface area contributed by atoms with E-state index in [4.69, 9.17) is 5.73 Å². The summed E-state index contributed by atoms with van der Waals surface area (Å²) in [4.78, 5) is 10.7. The summed E-state index contributed by atoms with van der Waals surface area (Å²) in [5, 5.41) is 14.8. The lowest BCUT2D eigenvalue weighted by atomic mass is 10.2. The van der Waals surface area contributed by atoms with E-state index in [1.165, 1.54) is 24.3 Å². The second kappa shape index (κ2) is 5.75. The van der Waals surface area contributed by atoms with Crippen LogP contribution in [0.15, 0.2) is 29.2 Å². The van der Waals surface area contributed by atoms with Gasteiger partial charge in [-0.05, 0) is 24.3 Å². The molecule has 0 radical (unpaired) electrons. The molecule has 0 aromatic heterocycles. The van der Waals surface area contributed by atoms with Gasteiger partial charge in [-0.1, -0.05) is 0 Å². The number of hydrogen-bond donors (Lipinski definition) is 5. The van der Waals surface area contributed by atoms with Crippen LogP contribution in [-0.2, 0) is 10.0 Å². The molecule has 0 bridgehead atoms. The van der Waals surface area contributed by atoms with Gasteiger partial charge in [0.05, 0.1) is 17.0 Å². The fourth-order valence-corrected chi connectivity index (χ4v) is 3.18. The highest BCUT2D eigenvalue weighted by Crippen LogP contribution is 2.15. The molecule has 110 valence electrons. The average molecular weight is 300 g/mol. The number of hydrogen-bond acceptors (Lipinski definition) is 5. The van der Waals surface area contributed by atoms with E-state index in [1.807, 2.05) is 0 Å². The predicted octanol–water partition coefficient (Wildman–Crippen LogP) is -1.21. The molecule has 2 amide bonds. The molecular weight excluding hydrogens is 284 g/mol. The van der Waals surface area contributed by atoms with Gasteiger partial charge in [-0.25, -0.2) is 17.9 Å². The second-order valence-electron chi connectivity index (χ2n) is 4.47. The molecule has 0 saturated carbocycles. The number of rotatable bonds is 4. The highest BCUT2D eigenvalue weighted by molar-refractivity contribution is 7.89. The zero-order valence-electron chi connectivity index (χ0n) is 10.5. The summed E-state index contributed by atoms with van der Waals surface area (Å²) in [6.07, 6.45) is -0.749. The van der Waals surface area contributed by atoms with E-state index >= 15 is 0 Å². The van der Waals surface area contributed by atoms with Crippen molar-refractivity contribution in [2.75, 3.05) is 18.4 Å². The Balaban J connectivity index is 2.11. The smallest absolute Gasteiger partial charge is 0.316 e. The number of aliphatic hydroxyl groups is 1. The molecule has 1 aliphatic heterocycles. The molecule has 0 unspecified atom stereocenters. The fourth-order valence-electron chi connectivity index (χ4n) is 1.91. The number of nitrogens with one attached hydrogen (secondary N) is 3. The zero-order chi connectivity index (χ0) is 14.8. The Morgan fingerprint density at radius 3 is 2.45 bits per heavy atom. The van der Waals surface area contributed by atoms with Crippen molar-refractivity contribution < 1.29 is 18.3 Å². The minimum absolute atomic E-state index is 0.0478. The monoisotopic (exact) mass is 300 g/mol. The summed E-state index contributed by atoms with van der Waals surface area (Å²) in [5.74, 6) is 0. The second-order valence-corrected chi connectivity index (χ2v) is 6.18. The van der Waals surface area contributed by atoms with Gasteiger partial charge in [0, 0.05) is 18.8 Å². The maximum atomic E-state index is 12.1. The van der Waals surface area contributed by atoms with Crippen LogP contribution in [0.1, 0.15) is 0 Å². The molecule has 2 rings (SSSR count). The highest BCUT2D eigenvalue weighted by atomic mass is 32.2. The van der Waals surface area contributed by atoms with Crippen molar-refractivity contribution in [3.63, 3.8) is 0 Å². The number of amides is 2. The number of urea groups is 1. The molecule has 1 heterocycles. The maximum Gasteiger partial charge on any atom is 0.316 e. The number of carbonyl (C=O) groups excluding carboxylic acids is 1. The number of carbonyl (C=O) groups is 1. The number of β-amino-alcohol motifs (C(OH)–C–C–N with tert-alkyl or cyclic N) is 1. The van der Waals surface area contributed by atoms with Gasteiger partial charge in [0.25, 0.3) is 0 Å². The van der Waals surface area contributed by atoms with Crippen molar-refractivity contribution in [2.45, 2.75) is 17.0 Å². The Bertz CT molecular complexity index is 587. The summed E-state index contributed by atoms with van der Waals surface area (Å²) in [6, 6.07) is 4.29. The van der Waals surface area contributed by atoms with E-state index in [0.29, 0.717) is 18.8 Å². The lowest BCUT2D eigenvalue weighted by Crippen LogP contribution is -2.42. The third-order valence-corrected chi connectivity index (χ3v) is 4.43. The van der Waals surface area contributed by atoms with E-state index in [2.05, 4.69) is 15.4 Å². The van der Waals surface area contributed by atoms with Crippen molar-refractivity contribution in [3.05, 3.63) is 24.3 Å². The summed E-state index contributed by atoms with van der Waals surface area (Å²) in [6.45, 7) is 0.733. The van der Waals surface area contributed by atoms with Crippen LogP contribution in [0, 0.1) is 0 Å². The number of sulfonamides is 1. The Hall–Kier alpha value is -1.68. The van der Waals surface area contributed by atoms with Gasteiger partial charge in [0.15, 0.2) is 0 Å². The minimum Gasteiger partial charge on any atom is -0.390 e. The fraction of sp³-hybridized carbons (Fsp3) is 0.364. The van der Waals surface area contributed by atoms with E-state index in [-0.39, 0.29) is 4.90 Å². The molecule has 1 aromatic rings. The van der Waals surface area contributed by atoms with Gasteiger partial charge in [-0.15, -0.1) is 0 Å². The van der Waals surface area contributed by atoms with Gasteiger partial charge >= 0.3 is 6.03 Å². The third-order valence-electron chi connectivity index (χ3n) is 2.92. The molecule has 1 saturated heterocycles. The number of aliphatic hydroxyl groups excluding tert-OH is 1. The highest BCUT2D eigenvalue weighted by Gasteiger charge is 2.29. The molecular formula is C11H16N4O4S. The molecule has 8 nitrogen and oxygen atoms in total. The topological polar surface area (TPSA) is 134 Å². The van der Waals surface area contributed by atoms with Gasteiger partial charge < -0.3 is 21.5 Å². The molecule has 6 N–H and O–H groups in total. The first-order valence-electron chi connectivity index (χ1n) is 5.96. The third kappa shape index (κ3) is 3.45. The van der Waals surface area contributed by atoms with E-state index in [9.17, 15) is 18.3 Å². The number of primary amides is 1. The Morgan fingerprint density at radius 1 is 1.30 bits per heavy atom. The Kier molecular flexibility index (Phi) is 4.23. The normalized spacial score (nSPS) is 22.6. The minimum atomic E-state index is -3.72. The van der Waals surface area contributed by atoms with Crippen molar-refractivity contribution in [2.24, 2.45) is 5.73 Å². The van der Waals surface area contributed by atoms with Crippen LogP contribution in [0.25, 0.3) is 0 Å². The van der Waals surface area contributed by atoms with Crippen LogP contribution < -0.4 is 21.1 Å². The first-order chi connectivity index (χ1) is 9.38. The van der Waals surface area contributed by atoms with E-state index in [1.54, 1.807) is 0 Å². The van der Waals surface area contributed by atoms with Crippen molar-refractivity contribution in [1.29, 1.82) is 0 Å². The van der Waals surface area contributed by atoms with Gasteiger partial charge in [0.2, 0.25) is 10.0 Å².